The summed E-state index contributed by atoms with van der Waals surface area (Å²) in [5, 5.41) is 11.7. The van der Waals surface area contributed by atoms with Crippen molar-refractivity contribution in [3.05, 3.63) is 114 Å². The van der Waals surface area contributed by atoms with Crippen LogP contribution in [0.2, 0.25) is 0 Å². The molecule has 3 aromatic rings. The summed E-state index contributed by atoms with van der Waals surface area (Å²) in [7, 11) is 2.98. The van der Waals surface area contributed by atoms with Gasteiger partial charge in [-0.2, -0.15) is 0 Å². The zero-order valence-electron chi connectivity index (χ0n) is 22.4. The highest BCUT2D eigenvalue weighted by molar-refractivity contribution is 5.87. The van der Waals surface area contributed by atoms with Crippen molar-refractivity contribution >= 4 is 17.6 Å². The standard InChI is InChI=1S/C31H32F2N2O5/c1-21(25-13-9-14-26(32)29(25)33)19-35(20-23-16-17-24(39-2)18-28(23)40-3)30(36)27(34-31(37)38)15-8-7-12-22-10-5-4-6-11-22/h4-11,13-14,16-18,27,34H,1,12,15,19-20H2,2-3H3,(H,37,38)/t27-/m1/s1. The lowest BCUT2D eigenvalue weighted by molar-refractivity contribution is -0.133. The van der Waals surface area contributed by atoms with Crippen molar-refractivity contribution in [1.29, 1.82) is 0 Å². The number of carboxylic acid groups (broad SMARTS) is 1. The Kier molecular flexibility index (Phi) is 10.8. The maximum atomic E-state index is 14.5. The maximum absolute atomic E-state index is 14.5. The first-order valence-corrected chi connectivity index (χ1v) is 12.5. The van der Waals surface area contributed by atoms with E-state index in [1.165, 1.54) is 31.3 Å². The molecule has 9 heteroatoms. The molecule has 0 bridgehead atoms. The third-order valence-corrected chi connectivity index (χ3v) is 6.21. The predicted octanol–water partition coefficient (Wildman–Crippen LogP) is 5.85. The smallest absolute Gasteiger partial charge is 0.405 e. The SMILES string of the molecule is C=C(CN(Cc1ccc(OC)cc1OC)C(=O)[C@@H](CC=CCc1ccccc1)NC(=O)O)c1cccc(F)c1F. The molecule has 0 saturated carbocycles. The van der Waals surface area contributed by atoms with Crippen LogP contribution in [0.4, 0.5) is 13.6 Å². The van der Waals surface area contributed by atoms with Crippen LogP contribution in [0.15, 0.2) is 85.5 Å². The fourth-order valence-corrected chi connectivity index (χ4v) is 4.15. The molecule has 3 rings (SSSR count). The molecule has 40 heavy (non-hydrogen) atoms. The average Bonchev–Trinajstić information content (AvgIpc) is 2.95. The fraction of sp³-hybridized carbons (Fsp3) is 0.226. The molecule has 0 heterocycles. The van der Waals surface area contributed by atoms with Gasteiger partial charge in [0.1, 0.15) is 17.5 Å². The molecule has 2 amide bonds. The summed E-state index contributed by atoms with van der Waals surface area (Å²) in [5.41, 5.74) is 1.73. The molecule has 210 valence electrons. The molecule has 0 saturated heterocycles. The second kappa shape index (κ2) is 14.5. The molecule has 0 aliphatic heterocycles. The number of allylic oxidation sites excluding steroid dienone is 1. The second-order valence-corrected chi connectivity index (χ2v) is 8.98. The van der Waals surface area contributed by atoms with Gasteiger partial charge in [-0.3, -0.25) is 4.79 Å². The minimum absolute atomic E-state index is 0.0204. The van der Waals surface area contributed by atoms with E-state index in [-0.39, 0.29) is 30.6 Å². The molecular weight excluding hydrogens is 518 g/mol. The number of carbonyl (C=O) groups excluding carboxylic acids is 1. The van der Waals surface area contributed by atoms with Crippen molar-refractivity contribution in [2.45, 2.75) is 25.4 Å². The lowest BCUT2D eigenvalue weighted by Crippen LogP contribution is -2.48. The number of rotatable bonds is 13. The number of carbonyl (C=O) groups is 2. The molecule has 0 spiro atoms. The maximum Gasteiger partial charge on any atom is 0.405 e. The van der Waals surface area contributed by atoms with E-state index in [0.717, 1.165) is 11.6 Å². The third kappa shape index (κ3) is 8.17. The summed E-state index contributed by atoms with van der Waals surface area (Å²) in [6.45, 7) is 3.67. The molecule has 1 atom stereocenters. The number of ether oxygens (including phenoxy) is 2. The largest absolute Gasteiger partial charge is 0.497 e. The molecule has 0 aliphatic carbocycles. The van der Waals surface area contributed by atoms with Gasteiger partial charge in [0, 0.05) is 30.3 Å². The van der Waals surface area contributed by atoms with Gasteiger partial charge in [-0.05, 0) is 42.2 Å². The van der Waals surface area contributed by atoms with Crippen molar-refractivity contribution in [1.82, 2.24) is 10.2 Å². The van der Waals surface area contributed by atoms with Crippen molar-refractivity contribution in [2.75, 3.05) is 20.8 Å². The molecule has 7 nitrogen and oxygen atoms in total. The molecule has 0 fully saturated rings. The molecule has 0 aromatic heterocycles. The topological polar surface area (TPSA) is 88.1 Å². The van der Waals surface area contributed by atoms with E-state index in [9.17, 15) is 23.5 Å². The molecule has 0 aliphatic rings. The minimum atomic E-state index is -1.37. The number of hydrogen-bond acceptors (Lipinski definition) is 4. The molecule has 3 aromatic carbocycles. The molecular formula is C31H32F2N2O5. The van der Waals surface area contributed by atoms with Crippen LogP contribution in [0.1, 0.15) is 23.1 Å². The van der Waals surface area contributed by atoms with E-state index in [0.29, 0.717) is 23.5 Å². The first-order chi connectivity index (χ1) is 19.2. The van der Waals surface area contributed by atoms with E-state index in [1.54, 1.807) is 24.3 Å². The Labute approximate surface area is 232 Å². The van der Waals surface area contributed by atoms with Gasteiger partial charge in [-0.25, -0.2) is 13.6 Å². The van der Waals surface area contributed by atoms with Gasteiger partial charge in [0.2, 0.25) is 5.91 Å². The van der Waals surface area contributed by atoms with Crippen molar-refractivity contribution < 1.29 is 33.0 Å². The summed E-state index contributed by atoms with van der Waals surface area (Å²) in [6.07, 6.45) is 2.91. The van der Waals surface area contributed by atoms with Crippen LogP contribution in [0, 0.1) is 11.6 Å². The monoisotopic (exact) mass is 550 g/mol. The van der Waals surface area contributed by atoms with E-state index in [4.69, 9.17) is 9.47 Å². The Morgan fingerprint density at radius 3 is 2.45 bits per heavy atom. The van der Waals surface area contributed by atoms with Crippen LogP contribution in [0.3, 0.4) is 0 Å². The number of nitrogens with zero attached hydrogens (tertiary/aromatic N) is 1. The molecule has 2 N–H and O–H groups in total. The Bertz CT molecular complexity index is 1360. The molecule has 0 radical (unpaired) electrons. The lowest BCUT2D eigenvalue weighted by Gasteiger charge is -2.29. The summed E-state index contributed by atoms with van der Waals surface area (Å²) in [5.74, 6) is -1.71. The van der Waals surface area contributed by atoms with Gasteiger partial charge in [-0.15, -0.1) is 0 Å². The predicted molar refractivity (Wildman–Crippen MR) is 149 cm³/mol. The van der Waals surface area contributed by atoms with Gasteiger partial charge in [0.05, 0.1) is 14.2 Å². The van der Waals surface area contributed by atoms with Gasteiger partial charge < -0.3 is 24.8 Å². The highest BCUT2D eigenvalue weighted by Crippen LogP contribution is 2.28. The number of halogens is 2. The zero-order chi connectivity index (χ0) is 29.1. The first-order valence-electron chi connectivity index (χ1n) is 12.5. The van der Waals surface area contributed by atoms with E-state index in [1.807, 2.05) is 36.4 Å². The van der Waals surface area contributed by atoms with Crippen LogP contribution in [0.25, 0.3) is 5.57 Å². The number of methoxy groups -OCH3 is 2. The summed E-state index contributed by atoms with van der Waals surface area (Å²) in [6, 6.07) is 17.3. The Morgan fingerprint density at radius 1 is 1.02 bits per heavy atom. The van der Waals surface area contributed by atoms with Crippen molar-refractivity contribution in [3.63, 3.8) is 0 Å². The van der Waals surface area contributed by atoms with Crippen LogP contribution >= 0.6 is 0 Å². The van der Waals surface area contributed by atoms with E-state index >= 15 is 0 Å². The van der Waals surface area contributed by atoms with Crippen LogP contribution < -0.4 is 14.8 Å². The Balaban J connectivity index is 1.90. The zero-order valence-corrected chi connectivity index (χ0v) is 22.4. The van der Waals surface area contributed by atoms with E-state index < -0.39 is 29.7 Å². The van der Waals surface area contributed by atoms with Crippen molar-refractivity contribution in [3.8, 4) is 11.5 Å². The lowest BCUT2D eigenvalue weighted by atomic mass is 10.0. The fourth-order valence-electron chi connectivity index (χ4n) is 4.15. The number of benzene rings is 3. The number of nitrogens with one attached hydrogen (secondary N) is 1. The third-order valence-electron chi connectivity index (χ3n) is 6.21. The summed E-state index contributed by atoms with van der Waals surface area (Å²) in [4.78, 5) is 26.7. The average molecular weight is 551 g/mol. The number of hydrogen-bond donors (Lipinski definition) is 2. The Morgan fingerprint density at radius 2 is 1.77 bits per heavy atom. The minimum Gasteiger partial charge on any atom is -0.497 e. The van der Waals surface area contributed by atoms with Crippen LogP contribution in [0.5, 0.6) is 11.5 Å². The number of amides is 2. The van der Waals surface area contributed by atoms with Gasteiger partial charge in [-0.1, -0.05) is 61.2 Å². The van der Waals surface area contributed by atoms with Gasteiger partial charge >= 0.3 is 6.09 Å². The van der Waals surface area contributed by atoms with Gasteiger partial charge in [0.15, 0.2) is 11.6 Å². The quantitative estimate of drug-likeness (QED) is 0.261. The summed E-state index contributed by atoms with van der Waals surface area (Å²) < 4.78 is 39.2. The highest BCUT2D eigenvalue weighted by Gasteiger charge is 2.27. The highest BCUT2D eigenvalue weighted by atomic mass is 19.2. The summed E-state index contributed by atoms with van der Waals surface area (Å²) >= 11 is 0. The van der Waals surface area contributed by atoms with Crippen molar-refractivity contribution in [2.24, 2.45) is 0 Å². The van der Waals surface area contributed by atoms with E-state index in [2.05, 4.69) is 11.9 Å². The first kappa shape index (κ1) is 29.9. The Hall–Kier alpha value is -4.66. The molecule has 0 unspecified atom stereocenters. The second-order valence-electron chi connectivity index (χ2n) is 8.98. The van der Waals surface area contributed by atoms with Gasteiger partial charge in [0.25, 0.3) is 0 Å². The van der Waals surface area contributed by atoms with Crippen LogP contribution in [-0.4, -0.2) is 48.8 Å². The van der Waals surface area contributed by atoms with Crippen LogP contribution in [-0.2, 0) is 17.8 Å². The normalized spacial score (nSPS) is 11.6.